The highest BCUT2D eigenvalue weighted by Crippen LogP contribution is 2.08. The second-order valence-corrected chi connectivity index (χ2v) is 7.57. The van der Waals surface area contributed by atoms with Gasteiger partial charge >= 0.3 is 12.1 Å². The van der Waals surface area contributed by atoms with E-state index in [1.54, 1.807) is 37.4 Å². The van der Waals surface area contributed by atoms with Gasteiger partial charge in [0.25, 0.3) is 5.78 Å². The summed E-state index contributed by atoms with van der Waals surface area (Å²) in [7, 11) is 1.65. The number of nitrogens with zero attached hydrogens (tertiary/aromatic N) is 1. The number of Topliss-reactive ketones (excluding diaryl/α,β-unsaturated/α-hetero) is 1. The zero-order chi connectivity index (χ0) is 23.1. The second-order valence-electron chi connectivity index (χ2n) is 7.57. The fourth-order valence-corrected chi connectivity index (χ4v) is 2.14. The van der Waals surface area contributed by atoms with E-state index in [4.69, 9.17) is 23.7 Å². The quantitative estimate of drug-likeness (QED) is 0.188. The van der Waals surface area contributed by atoms with Gasteiger partial charge in [0.1, 0.15) is 12.2 Å². The van der Waals surface area contributed by atoms with Crippen LogP contribution in [0.15, 0.2) is 30.3 Å². The summed E-state index contributed by atoms with van der Waals surface area (Å²) in [6.45, 7) is 7.87. The minimum atomic E-state index is -0.902. The van der Waals surface area contributed by atoms with Crippen LogP contribution in [0.5, 0.6) is 0 Å². The molecular weight excluding hydrogens is 406 g/mol. The molecule has 0 unspecified atom stereocenters. The molecule has 1 aromatic rings. The first-order valence-corrected chi connectivity index (χ1v) is 10.1. The number of hydrogen-bond acceptors (Lipinski definition) is 8. The first-order chi connectivity index (χ1) is 14.7. The molecule has 0 bridgehead atoms. The topological polar surface area (TPSA) is 101 Å². The van der Waals surface area contributed by atoms with Gasteiger partial charge in [0.05, 0.1) is 39.6 Å². The van der Waals surface area contributed by atoms with Crippen LogP contribution in [0.2, 0.25) is 0 Å². The van der Waals surface area contributed by atoms with Crippen LogP contribution in [-0.4, -0.2) is 88.2 Å². The molecule has 1 amide bonds. The van der Waals surface area contributed by atoms with E-state index in [1.807, 2.05) is 20.8 Å². The zero-order valence-electron chi connectivity index (χ0n) is 18.8. The van der Waals surface area contributed by atoms with Gasteiger partial charge in [-0.3, -0.25) is 4.79 Å². The highest BCUT2D eigenvalue weighted by molar-refractivity contribution is 6.40. The Hall–Kier alpha value is -2.49. The summed E-state index contributed by atoms with van der Waals surface area (Å²) in [5, 5.41) is 0. The van der Waals surface area contributed by atoms with E-state index in [1.165, 1.54) is 4.90 Å². The lowest BCUT2D eigenvalue weighted by molar-refractivity contribution is -0.139. The molecular formula is C22H33NO8. The molecule has 174 valence electrons. The number of carbonyl (C=O) groups excluding carboxylic acids is 3. The standard InChI is InChI=1S/C22H33NO8/c1-22(2,3)31-21(26)23(4)10-11-27-12-13-28-14-15-29-16-17-30-20(25)19(24)18-8-6-5-7-9-18/h5-9H,10-17H2,1-4H3. The Balaban J connectivity index is 1.93. The largest absolute Gasteiger partial charge is 0.457 e. The molecule has 0 N–H and O–H groups in total. The van der Waals surface area contributed by atoms with Crippen LogP contribution < -0.4 is 0 Å². The second kappa shape index (κ2) is 14.5. The maximum atomic E-state index is 11.8. The molecule has 0 atom stereocenters. The molecule has 0 radical (unpaired) electrons. The summed E-state index contributed by atoms with van der Waals surface area (Å²) in [5.41, 5.74) is -0.232. The van der Waals surface area contributed by atoms with Crippen LogP contribution in [0.1, 0.15) is 31.1 Å². The predicted molar refractivity (Wildman–Crippen MR) is 113 cm³/mol. The van der Waals surface area contributed by atoms with Gasteiger partial charge in [-0.05, 0) is 20.8 Å². The third kappa shape index (κ3) is 12.7. The first-order valence-electron chi connectivity index (χ1n) is 10.1. The maximum Gasteiger partial charge on any atom is 0.410 e. The molecule has 31 heavy (non-hydrogen) atoms. The Labute approximate surface area is 183 Å². The van der Waals surface area contributed by atoms with Crippen LogP contribution >= 0.6 is 0 Å². The van der Waals surface area contributed by atoms with Gasteiger partial charge < -0.3 is 28.6 Å². The minimum absolute atomic E-state index is 0.00825. The SMILES string of the molecule is CN(CCOCCOCCOCCOC(=O)C(=O)c1ccccc1)C(=O)OC(C)(C)C. The highest BCUT2D eigenvalue weighted by Gasteiger charge is 2.19. The van der Waals surface area contributed by atoms with E-state index >= 15 is 0 Å². The Morgan fingerprint density at radius 1 is 0.806 bits per heavy atom. The number of rotatable bonds is 14. The van der Waals surface area contributed by atoms with Gasteiger partial charge in [-0.2, -0.15) is 0 Å². The molecule has 1 rings (SSSR count). The van der Waals surface area contributed by atoms with Crippen molar-refractivity contribution in [2.75, 3.05) is 59.8 Å². The summed E-state index contributed by atoms with van der Waals surface area (Å²) < 4.78 is 26.2. The predicted octanol–water partition coefficient (Wildman–Crippen LogP) is 2.33. The number of carbonyl (C=O) groups is 3. The van der Waals surface area contributed by atoms with Crippen molar-refractivity contribution in [3.63, 3.8) is 0 Å². The summed E-state index contributed by atoms with van der Waals surface area (Å²) in [6.07, 6.45) is -0.389. The molecule has 0 heterocycles. The molecule has 0 aromatic heterocycles. The molecule has 1 aromatic carbocycles. The van der Waals surface area contributed by atoms with E-state index in [-0.39, 0.29) is 19.3 Å². The van der Waals surface area contributed by atoms with E-state index in [9.17, 15) is 14.4 Å². The van der Waals surface area contributed by atoms with Crippen molar-refractivity contribution in [2.45, 2.75) is 26.4 Å². The molecule has 9 heteroatoms. The fraction of sp³-hybridized carbons (Fsp3) is 0.591. The summed E-state index contributed by atoms with van der Waals surface area (Å²) >= 11 is 0. The van der Waals surface area contributed by atoms with Gasteiger partial charge in [0.2, 0.25) is 0 Å². The Kier molecular flexibility index (Phi) is 12.4. The van der Waals surface area contributed by atoms with Crippen molar-refractivity contribution in [3.8, 4) is 0 Å². The van der Waals surface area contributed by atoms with Crippen LogP contribution in [0.4, 0.5) is 4.79 Å². The number of hydrogen-bond donors (Lipinski definition) is 0. The van der Waals surface area contributed by atoms with Crippen molar-refractivity contribution in [2.24, 2.45) is 0 Å². The molecule has 0 saturated carbocycles. The van der Waals surface area contributed by atoms with E-state index in [0.717, 1.165) is 0 Å². The van der Waals surface area contributed by atoms with E-state index in [2.05, 4.69) is 0 Å². The molecule has 0 fully saturated rings. The minimum Gasteiger partial charge on any atom is -0.457 e. The highest BCUT2D eigenvalue weighted by atomic mass is 16.6. The Morgan fingerprint density at radius 2 is 1.32 bits per heavy atom. The van der Waals surface area contributed by atoms with Gasteiger partial charge in [-0.15, -0.1) is 0 Å². The van der Waals surface area contributed by atoms with Crippen molar-refractivity contribution < 1.29 is 38.1 Å². The lowest BCUT2D eigenvalue weighted by Gasteiger charge is -2.24. The summed E-state index contributed by atoms with van der Waals surface area (Å²) in [4.78, 5) is 36.7. The maximum absolute atomic E-state index is 11.8. The van der Waals surface area contributed by atoms with Crippen molar-refractivity contribution in [1.82, 2.24) is 4.90 Å². The fourth-order valence-electron chi connectivity index (χ4n) is 2.14. The monoisotopic (exact) mass is 439 g/mol. The smallest absolute Gasteiger partial charge is 0.410 e. The summed E-state index contributed by atoms with van der Waals surface area (Å²) in [6, 6.07) is 8.23. The van der Waals surface area contributed by atoms with Crippen molar-refractivity contribution >= 4 is 17.8 Å². The third-order valence-electron chi connectivity index (χ3n) is 3.70. The number of amides is 1. The lowest BCUT2D eigenvalue weighted by atomic mass is 10.1. The van der Waals surface area contributed by atoms with Crippen LogP contribution in [-0.2, 0) is 28.5 Å². The molecule has 0 aliphatic rings. The molecule has 9 nitrogen and oxygen atoms in total. The molecule has 0 spiro atoms. The third-order valence-corrected chi connectivity index (χ3v) is 3.70. The van der Waals surface area contributed by atoms with Crippen LogP contribution in [0, 0.1) is 0 Å². The van der Waals surface area contributed by atoms with Crippen molar-refractivity contribution in [1.29, 1.82) is 0 Å². The van der Waals surface area contributed by atoms with E-state index in [0.29, 0.717) is 45.1 Å². The average molecular weight is 440 g/mol. The number of esters is 1. The molecule has 0 aliphatic heterocycles. The molecule has 0 aliphatic carbocycles. The Bertz CT molecular complexity index is 672. The number of likely N-dealkylation sites (N-methyl/N-ethyl adjacent to an activating group) is 1. The average Bonchev–Trinajstić information content (AvgIpc) is 2.73. The van der Waals surface area contributed by atoms with Crippen LogP contribution in [0.25, 0.3) is 0 Å². The zero-order valence-corrected chi connectivity index (χ0v) is 18.8. The number of benzene rings is 1. The van der Waals surface area contributed by atoms with Gasteiger partial charge in [0.15, 0.2) is 0 Å². The first kappa shape index (κ1) is 26.5. The van der Waals surface area contributed by atoms with Crippen molar-refractivity contribution in [3.05, 3.63) is 35.9 Å². The lowest BCUT2D eigenvalue weighted by Crippen LogP contribution is -2.36. The molecule has 0 saturated heterocycles. The normalized spacial score (nSPS) is 11.1. The number of ketones is 1. The van der Waals surface area contributed by atoms with Crippen LogP contribution in [0.3, 0.4) is 0 Å². The van der Waals surface area contributed by atoms with Gasteiger partial charge in [0, 0.05) is 19.2 Å². The Morgan fingerprint density at radius 3 is 1.87 bits per heavy atom. The van der Waals surface area contributed by atoms with Gasteiger partial charge in [-0.25, -0.2) is 9.59 Å². The van der Waals surface area contributed by atoms with Gasteiger partial charge in [-0.1, -0.05) is 30.3 Å². The summed E-state index contributed by atoms with van der Waals surface area (Å²) in [5.74, 6) is -1.58. The van der Waals surface area contributed by atoms with E-state index < -0.39 is 17.4 Å². The number of ether oxygens (including phenoxy) is 5.